The Labute approximate surface area is 289 Å². The van der Waals surface area contributed by atoms with E-state index in [0.29, 0.717) is 23.3 Å². The van der Waals surface area contributed by atoms with Gasteiger partial charge in [-0.25, -0.2) is 8.42 Å². The third-order valence-corrected chi connectivity index (χ3v) is 12.4. The van der Waals surface area contributed by atoms with Crippen LogP contribution in [0.15, 0.2) is 79.5 Å². The van der Waals surface area contributed by atoms with Crippen molar-refractivity contribution in [2.45, 2.75) is 112 Å². The number of thioether (sulfide) groups is 2. The van der Waals surface area contributed by atoms with Gasteiger partial charge >= 0.3 is 0 Å². The van der Waals surface area contributed by atoms with Gasteiger partial charge in [-0.2, -0.15) is 0 Å². The Balaban J connectivity index is 2.23. The number of nitrogens with one attached hydrogen (secondary N) is 1. The number of sulfonamides is 1. The normalized spacial score (nSPS) is 21.0. The molecular weight excluding hydrogens is 655 g/mol. The maximum Gasteiger partial charge on any atom is 0.232 e. The van der Waals surface area contributed by atoms with Gasteiger partial charge in [-0.1, -0.05) is 120 Å². The number of hydrogen-bond donors (Lipinski definition) is 2. The second-order valence-corrected chi connectivity index (χ2v) is 22.8. The van der Waals surface area contributed by atoms with Gasteiger partial charge in [0.25, 0.3) is 0 Å². The third kappa shape index (κ3) is 10.6. The van der Waals surface area contributed by atoms with E-state index < -0.39 is 20.8 Å². The van der Waals surface area contributed by atoms with Crippen molar-refractivity contribution in [3.05, 3.63) is 79.5 Å². The summed E-state index contributed by atoms with van der Waals surface area (Å²) in [7, 11) is -4.76. The van der Waals surface area contributed by atoms with Crippen LogP contribution in [0.2, 0.25) is 0 Å². The van der Waals surface area contributed by atoms with Gasteiger partial charge in [-0.3, -0.25) is 9.52 Å². The lowest BCUT2D eigenvalue weighted by Gasteiger charge is -2.32. The van der Waals surface area contributed by atoms with Gasteiger partial charge in [-0.15, -0.1) is 0 Å². The van der Waals surface area contributed by atoms with E-state index in [9.17, 15) is 17.8 Å². The van der Waals surface area contributed by atoms with E-state index in [4.69, 9.17) is 4.74 Å². The van der Waals surface area contributed by atoms with Crippen molar-refractivity contribution in [3.8, 4) is 0 Å². The van der Waals surface area contributed by atoms with Gasteiger partial charge in [-0.05, 0) is 75.6 Å². The molecule has 0 fully saturated rings. The van der Waals surface area contributed by atoms with E-state index in [-0.39, 0.29) is 31.9 Å². The van der Waals surface area contributed by atoms with E-state index in [2.05, 4.69) is 87.8 Å². The second kappa shape index (κ2) is 14.0. The molecule has 256 valence electrons. The molecule has 0 bridgehead atoms. The van der Waals surface area contributed by atoms with Crippen molar-refractivity contribution in [3.63, 3.8) is 0 Å². The van der Waals surface area contributed by atoms with Crippen molar-refractivity contribution < 1.29 is 22.5 Å². The Hall–Kier alpha value is -1.72. The summed E-state index contributed by atoms with van der Waals surface area (Å²) in [6.45, 7) is 27.0. The topological polar surface area (TPSA) is 92.7 Å². The number of rotatable bonds is 9. The highest BCUT2D eigenvalue weighted by molar-refractivity contribution is 8.14. The van der Waals surface area contributed by atoms with Gasteiger partial charge in [0.1, 0.15) is 0 Å². The standard InChI is InChI=1S/C36H53NO5S4/c1-14-15-16-46(40,41)37-31-25(17-23-19-27(33(2,3)4)45(39)28(20-23)34(5,6)7)32(38)26(31)18-24-21-29(43-35(8,9)10)42-30(22-24)44-36(11,12)13/h17-22,37,39H,14-16H2,1-13H3. The van der Waals surface area contributed by atoms with Gasteiger partial charge < -0.3 is 9.29 Å². The highest BCUT2D eigenvalue weighted by atomic mass is 32.2. The molecule has 0 aromatic rings. The summed E-state index contributed by atoms with van der Waals surface area (Å²) < 4.78 is 46.5. The molecule has 1 aliphatic carbocycles. The summed E-state index contributed by atoms with van der Waals surface area (Å²) in [4.78, 5) is 15.6. The molecule has 3 rings (SSSR count). The SMILES string of the molecule is CCCCS(=O)(=O)NC1=C(C=C2C=C(SC(C)(C)C)OC(SC(C)(C)C)=C2)C(=O)C1=CC1=CC(C(C)(C)C)=S(O)C(C(C)(C)C)=C1. The summed E-state index contributed by atoms with van der Waals surface area (Å²) in [6.07, 6.45) is 12.5. The van der Waals surface area contributed by atoms with Gasteiger partial charge in [0.05, 0.1) is 11.4 Å². The molecule has 3 aliphatic rings. The molecule has 1 unspecified atom stereocenters. The van der Waals surface area contributed by atoms with Crippen molar-refractivity contribution in [1.82, 2.24) is 4.72 Å². The number of carbonyl (C=O) groups is 1. The first kappa shape index (κ1) is 38.7. The molecule has 0 saturated carbocycles. The van der Waals surface area contributed by atoms with E-state index in [1.807, 2.05) is 31.2 Å². The number of carbonyl (C=O) groups excluding carboxylic acids is 1. The largest absolute Gasteiger partial charge is 0.444 e. The van der Waals surface area contributed by atoms with Crippen molar-refractivity contribution >= 4 is 55.0 Å². The summed E-state index contributed by atoms with van der Waals surface area (Å²) in [5, 5.41) is 1.44. The predicted octanol–water partition coefficient (Wildman–Crippen LogP) is 10.0. The van der Waals surface area contributed by atoms with Crippen molar-refractivity contribution in [1.29, 1.82) is 0 Å². The smallest absolute Gasteiger partial charge is 0.232 e. The maximum absolute atomic E-state index is 13.9. The molecule has 0 saturated heterocycles. The zero-order valence-corrected chi connectivity index (χ0v) is 33.1. The average Bonchev–Trinajstić information content (AvgIpc) is 2.85. The van der Waals surface area contributed by atoms with Gasteiger partial charge in [0.15, 0.2) is 16.0 Å². The molecule has 2 heterocycles. The molecule has 0 aromatic carbocycles. The molecule has 46 heavy (non-hydrogen) atoms. The molecule has 6 nitrogen and oxygen atoms in total. The molecule has 10 heteroatoms. The third-order valence-electron chi connectivity index (χ3n) is 6.75. The maximum atomic E-state index is 13.9. The highest BCUT2D eigenvalue weighted by Gasteiger charge is 2.36. The summed E-state index contributed by atoms with van der Waals surface area (Å²) in [6, 6.07) is 0. The minimum atomic E-state index is -3.69. The van der Waals surface area contributed by atoms with Crippen LogP contribution >= 0.6 is 34.3 Å². The lowest BCUT2D eigenvalue weighted by Crippen LogP contribution is -2.36. The van der Waals surface area contributed by atoms with Crippen molar-refractivity contribution in [2.24, 2.45) is 10.8 Å². The number of Topliss-reactive ketones (excluding diaryl/α,β-unsaturated/α-hetero) is 1. The Morgan fingerprint density at radius 1 is 0.848 bits per heavy atom. The Morgan fingerprint density at radius 2 is 1.39 bits per heavy atom. The number of ether oxygens (including phenoxy) is 1. The van der Waals surface area contributed by atoms with Crippen molar-refractivity contribution in [2.75, 3.05) is 5.75 Å². The molecule has 0 amide bonds. The fraction of sp³-hybridized carbons (Fsp3) is 0.556. The highest BCUT2D eigenvalue weighted by Crippen LogP contribution is 2.46. The molecule has 0 aromatic heterocycles. The first-order valence-electron chi connectivity index (χ1n) is 15.8. The average molecular weight is 708 g/mol. The van der Waals surface area contributed by atoms with Crippen LogP contribution in [0.4, 0.5) is 0 Å². The quantitative estimate of drug-likeness (QED) is 0.182. The van der Waals surface area contributed by atoms with Crippen LogP contribution < -0.4 is 4.72 Å². The van der Waals surface area contributed by atoms with E-state index in [0.717, 1.165) is 37.5 Å². The first-order chi connectivity index (χ1) is 20.8. The lowest BCUT2D eigenvalue weighted by atomic mass is 9.83. The lowest BCUT2D eigenvalue weighted by molar-refractivity contribution is -0.112. The fourth-order valence-corrected chi connectivity index (χ4v) is 9.75. The number of allylic oxidation sites excluding steroid dienone is 11. The van der Waals surface area contributed by atoms with Crippen LogP contribution in [0.1, 0.15) is 103 Å². The van der Waals surface area contributed by atoms with Crippen LogP contribution in [0.5, 0.6) is 0 Å². The van der Waals surface area contributed by atoms with E-state index >= 15 is 0 Å². The molecule has 0 spiro atoms. The van der Waals surface area contributed by atoms with Crippen LogP contribution in [-0.4, -0.2) is 38.9 Å². The second-order valence-electron chi connectivity index (χ2n) is 15.9. The predicted molar refractivity (Wildman–Crippen MR) is 202 cm³/mol. The van der Waals surface area contributed by atoms with Gasteiger partial charge in [0.2, 0.25) is 10.0 Å². The molecule has 2 N–H and O–H groups in total. The minimum Gasteiger partial charge on any atom is -0.444 e. The first-order valence-corrected chi connectivity index (χ1v) is 20.2. The number of unbranched alkanes of at least 4 members (excludes halogenated alkanes) is 1. The molecular formula is C36H53NO5S4. The Kier molecular flexibility index (Phi) is 11.8. The summed E-state index contributed by atoms with van der Waals surface area (Å²) in [5.41, 5.74) is 1.83. The van der Waals surface area contributed by atoms with Crippen LogP contribution in [0.25, 0.3) is 0 Å². The van der Waals surface area contributed by atoms with E-state index in [1.165, 1.54) is 0 Å². The Bertz CT molecular complexity index is 1590. The fourth-order valence-electron chi connectivity index (χ4n) is 4.64. The number of ketones is 1. The molecule has 1 atom stereocenters. The number of hydrogen-bond acceptors (Lipinski definition) is 7. The zero-order valence-electron chi connectivity index (χ0n) is 29.8. The zero-order chi connectivity index (χ0) is 35.0. The molecule has 0 radical (unpaired) electrons. The van der Waals surface area contributed by atoms with Crippen LogP contribution in [0, 0.1) is 10.8 Å². The van der Waals surface area contributed by atoms with Gasteiger partial charge in [0, 0.05) is 30.4 Å². The monoisotopic (exact) mass is 707 g/mol. The van der Waals surface area contributed by atoms with E-state index in [1.54, 1.807) is 35.7 Å². The summed E-state index contributed by atoms with van der Waals surface area (Å²) in [5.74, 6) is -0.266. The van der Waals surface area contributed by atoms with Crippen LogP contribution in [-0.2, 0) is 19.6 Å². The molecule has 2 aliphatic heterocycles. The van der Waals surface area contributed by atoms with Crippen LogP contribution in [0.3, 0.4) is 0 Å². The summed E-state index contributed by atoms with van der Waals surface area (Å²) >= 11 is 3.19. The minimum absolute atomic E-state index is 0.0310. The Morgan fingerprint density at radius 3 is 1.85 bits per heavy atom.